The largest absolute Gasteiger partial charge is 0.205 e. The molecule has 0 nitrogen and oxygen atoms in total. The van der Waals surface area contributed by atoms with Crippen molar-refractivity contribution in [2.75, 3.05) is 0 Å². The molecule has 0 aliphatic heterocycles. The Kier molecular flexibility index (Phi) is 6.80. The van der Waals surface area contributed by atoms with E-state index in [4.69, 9.17) is 0 Å². The maximum Gasteiger partial charge on any atom is 0.144 e. The van der Waals surface area contributed by atoms with Gasteiger partial charge in [-0.1, -0.05) is 150 Å². The van der Waals surface area contributed by atoms with Crippen LogP contribution in [-0.2, 0) is 16.2 Å². The third-order valence-corrected chi connectivity index (χ3v) is 13.3. The molecule has 0 saturated carbocycles. The molecule has 0 bridgehead atoms. The Balaban J connectivity index is 1.23. The quantitative estimate of drug-likeness (QED) is 0.172. The van der Waals surface area contributed by atoms with Gasteiger partial charge < -0.3 is 0 Å². The van der Waals surface area contributed by atoms with E-state index in [-0.39, 0.29) is 38.9 Å². The van der Waals surface area contributed by atoms with Gasteiger partial charge in [0.15, 0.2) is 0 Å². The van der Waals surface area contributed by atoms with E-state index < -0.39 is 17.5 Å². The van der Waals surface area contributed by atoms with Gasteiger partial charge in [0, 0.05) is 22.2 Å². The summed E-state index contributed by atoms with van der Waals surface area (Å²) in [7, 11) is 0. The molecule has 0 radical (unpaired) electrons. The van der Waals surface area contributed by atoms with Gasteiger partial charge in [-0.05, 0) is 96.9 Å². The fourth-order valence-corrected chi connectivity index (χ4v) is 10.4. The van der Waals surface area contributed by atoms with Crippen LogP contribution in [0.4, 0.5) is 13.2 Å². The van der Waals surface area contributed by atoms with Gasteiger partial charge in [0.25, 0.3) is 0 Å². The van der Waals surface area contributed by atoms with Crippen LogP contribution in [0, 0.1) is 17.5 Å². The van der Waals surface area contributed by atoms with Gasteiger partial charge in [0.1, 0.15) is 17.5 Å². The second kappa shape index (κ2) is 11.1. The van der Waals surface area contributed by atoms with Crippen molar-refractivity contribution in [3.8, 4) is 55.6 Å². The SMILES string of the molecule is CC1(C)C2=CC=CCC2c2ccc(-c3c(F)c(-c4ccc5c(c4)C(C)(C)c4ccccc4-5)c(F)c(-c4ccc5c(c4)C(C)(C)c4ccccc4-5)c3F)cc21. The van der Waals surface area contributed by atoms with E-state index in [1.54, 1.807) is 12.1 Å². The normalized spacial score (nSPS) is 18.7. The fourth-order valence-electron chi connectivity index (χ4n) is 10.4. The Bertz CT molecular complexity index is 2570. The van der Waals surface area contributed by atoms with Crippen molar-refractivity contribution >= 4 is 0 Å². The first kappa shape index (κ1) is 33.2. The van der Waals surface area contributed by atoms with Gasteiger partial charge in [-0.15, -0.1) is 0 Å². The van der Waals surface area contributed by atoms with Gasteiger partial charge in [-0.3, -0.25) is 0 Å². The molecule has 1 atom stereocenters. The van der Waals surface area contributed by atoms with E-state index in [1.165, 1.54) is 22.3 Å². The van der Waals surface area contributed by atoms with Crippen molar-refractivity contribution in [1.29, 1.82) is 0 Å². The molecule has 0 spiro atoms. The van der Waals surface area contributed by atoms with Gasteiger partial charge in [0.05, 0.1) is 16.7 Å². The topological polar surface area (TPSA) is 0 Å². The van der Waals surface area contributed by atoms with Gasteiger partial charge in [-0.2, -0.15) is 0 Å². The number of fused-ring (bicyclic) bond motifs is 9. The zero-order valence-electron chi connectivity index (χ0n) is 31.5. The fraction of sp³-hybridized carbons (Fsp3) is 0.216. The molecule has 6 aromatic rings. The van der Waals surface area contributed by atoms with Crippen LogP contribution >= 0.6 is 0 Å². The Labute approximate surface area is 315 Å². The van der Waals surface area contributed by atoms with Crippen molar-refractivity contribution in [1.82, 2.24) is 0 Å². The lowest BCUT2D eigenvalue weighted by molar-refractivity contribution is 0.556. The highest BCUT2D eigenvalue weighted by Crippen LogP contribution is 2.56. The monoisotopic (exact) mass is 710 g/mol. The number of halogens is 3. The van der Waals surface area contributed by atoms with Crippen molar-refractivity contribution in [2.24, 2.45) is 0 Å². The first-order chi connectivity index (χ1) is 25.8. The molecule has 0 N–H and O–H groups in total. The zero-order valence-corrected chi connectivity index (χ0v) is 31.5. The highest BCUT2D eigenvalue weighted by Gasteiger charge is 2.43. The van der Waals surface area contributed by atoms with Crippen molar-refractivity contribution in [3.63, 3.8) is 0 Å². The summed E-state index contributed by atoms with van der Waals surface area (Å²) in [5, 5.41) is 0. The summed E-state index contributed by atoms with van der Waals surface area (Å²) >= 11 is 0. The maximum absolute atomic E-state index is 17.5. The summed E-state index contributed by atoms with van der Waals surface area (Å²) in [6, 6.07) is 33.7. The molecule has 3 heteroatoms. The third kappa shape index (κ3) is 4.27. The minimum Gasteiger partial charge on any atom is -0.205 e. The van der Waals surface area contributed by atoms with E-state index in [0.29, 0.717) is 16.7 Å². The van der Waals surface area contributed by atoms with Crippen molar-refractivity contribution in [3.05, 3.63) is 178 Å². The van der Waals surface area contributed by atoms with Crippen LogP contribution in [-0.4, -0.2) is 0 Å². The van der Waals surface area contributed by atoms with Gasteiger partial charge >= 0.3 is 0 Å². The second-order valence-electron chi connectivity index (χ2n) is 17.2. The lowest BCUT2D eigenvalue weighted by Gasteiger charge is -2.25. The number of hydrogen-bond donors (Lipinski definition) is 0. The summed E-state index contributed by atoms with van der Waals surface area (Å²) in [6.45, 7) is 13.0. The van der Waals surface area contributed by atoms with E-state index in [0.717, 1.165) is 45.4 Å². The molecule has 0 saturated heterocycles. The Morgan fingerprint density at radius 1 is 0.463 bits per heavy atom. The van der Waals surface area contributed by atoms with Crippen LogP contribution < -0.4 is 0 Å². The molecular formula is C51H41F3. The molecule has 0 fully saturated rings. The van der Waals surface area contributed by atoms with Crippen LogP contribution in [0.15, 0.2) is 127 Å². The summed E-state index contributed by atoms with van der Waals surface area (Å²) in [5.74, 6) is -2.42. The summed E-state index contributed by atoms with van der Waals surface area (Å²) < 4.78 is 52.6. The molecule has 4 aliphatic rings. The first-order valence-corrected chi connectivity index (χ1v) is 19.0. The van der Waals surface area contributed by atoms with E-state index in [1.807, 2.05) is 66.7 Å². The molecular weight excluding hydrogens is 670 g/mol. The Hall–Kier alpha value is -5.41. The first-order valence-electron chi connectivity index (χ1n) is 19.0. The van der Waals surface area contributed by atoms with Crippen LogP contribution in [0.25, 0.3) is 55.6 Å². The minimum absolute atomic E-state index is 0.201. The molecule has 4 aliphatic carbocycles. The minimum atomic E-state index is -0.890. The predicted molar refractivity (Wildman–Crippen MR) is 215 cm³/mol. The van der Waals surface area contributed by atoms with Gasteiger partial charge in [-0.25, -0.2) is 13.2 Å². The van der Waals surface area contributed by atoms with E-state index in [2.05, 4.69) is 84.0 Å². The Morgan fingerprint density at radius 2 is 0.889 bits per heavy atom. The molecule has 0 amide bonds. The summed E-state index contributed by atoms with van der Waals surface area (Å²) in [6.07, 6.45) is 7.36. The molecule has 0 heterocycles. The molecule has 54 heavy (non-hydrogen) atoms. The third-order valence-electron chi connectivity index (χ3n) is 13.3. The zero-order chi connectivity index (χ0) is 37.5. The molecule has 0 aromatic heterocycles. The highest BCUT2D eigenvalue weighted by atomic mass is 19.1. The predicted octanol–water partition coefficient (Wildman–Crippen LogP) is 14.0. The Morgan fingerprint density at radius 3 is 1.39 bits per heavy atom. The highest BCUT2D eigenvalue weighted by molar-refractivity contribution is 5.90. The summed E-state index contributed by atoms with van der Waals surface area (Å²) in [5.41, 5.74) is 11.7. The second-order valence-corrected chi connectivity index (χ2v) is 17.2. The van der Waals surface area contributed by atoms with Crippen LogP contribution in [0.5, 0.6) is 0 Å². The number of benzene rings is 6. The molecule has 266 valence electrons. The average Bonchev–Trinajstić information content (AvgIpc) is 3.64. The smallest absolute Gasteiger partial charge is 0.144 e. The number of hydrogen-bond acceptors (Lipinski definition) is 0. The van der Waals surface area contributed by atoms with Gasteiger partial charge in [0.2, 0.25) is 0 Å². The molecule has 6 aromatic carbocycles. The lowest BCUT2D eigenvalue weighted by Crippen LogP contribution is -2.17. The van der Waals surface area contributed by atoms with E-state index >= 15 is 13.2 Å². The maximum atomic E-state index is 17.5. The van der Waals surface area contributed by atoms with E-state index in [9.17, 15) is 0 Å². The van der Waals surface area contributed by atoms with Crippen molar-refractivity contribution < 1.29 is 13.2 Å². The molecule has 1 unspecified atom stereocenters. The van der Waals surface area contributed by atoms with Crippen LogP contribution in [0.3, 0.4) is 0 Å². The number of rotatable bonds is 3. The van der Waals surface area contributed by atoms with Crippen LogP contribution in [0.1, 0.15) is 87.3 Å². The van der Waals surface area contributed by atoms with Crippen molar-refractivity contribution in [2.45, 2.75) is 70.1 Å². The summed E-state index contributed by atoms with van der Waals surface area (Å²) in [4.78, 5) is 0. The van der Waals surface area contributed by atoms with Crippen LogP contribution in [0.2, 0.25) is 0 Å². The lowest BCUT2D eigenvalue weighted by atomic mass is 9.78. The molecule has 10 rings (SSSR count). The number of allylic oxidation sites excluding steroid dienone is 4. The standard InChI is InChI=1S/C51H41F3/c1-49(2)37-16-10-7-13-31(37)34-22-19-28(25-40(34)49)43-46(52)44(29-20-23-35-32-14-8-11-17-38(32)50(3,4)41(35)26-29)48(54)45(47(43)53)30-21-24-36-33-15-9-12-18-39(33)51(5,6)42(36)27-30/h7-14,16-27,33H,15H2,1-6H3. The average molecular weight is 711 g/mol.